The molecular weight excluding hydrogens is 394 g/mol. The third-order valence-electron chi connectivity index (χ3n) is 3.87. The number of carboxylic acids is 1. The van der Waals surface area contributed by atoms with Gasteiger partial charge in [0, 0.05) is 19.2 Å². The molecule has 0 spiro atoms. The van der Waals surface area contributed by atoms with Gasteiger partial charge in [-0.3, -0.25) is 4.98 Å². The molecule has 1 aromatic rings. The van der Waals surface area contributed by atoms with Crippen LogP contribution in [0.15, 0.2) is 23.5 Å². The van der Waals surface area contributed by atoms with Gasteiger partial charge in [-0.25, -0.2) is 9.59 Å². The number of carbonyl (C=O) groups is 2. The van der Waals surface area contributed by atoms with Gasteiger partial charge in [0.05, 0.1) is 31.1 Å². The second kappa shape index (κ2) is 11.5. The minimum Gasteiger partial charge on any atom is -0.478 e. The number of oxime groups is 1. The van der Waals surface area contributed by atoms with E-state index in [-0.39, 0.29) is 25.3 Å². The Hall–Kier alpha value is -2.72. The molecular formula is C20H29N3O7. The molecule has 166 valence electrons. The number of hydrogen-bond acceptors (Lipinski definition) is 8. The zero-order valence-electron chi connectivity index (χ0n) is 17.6. The van der Waals surface area contributed by atoms with E-state index in [2.05, 4.69) is 15.5 Å². The summed E-state index contributed by atoms with van der Waals surface area (Å²) in [4.78, 5) is 32.5. The first-order valence-electron chi connectivity index (χ1n) is 9.83. The minimum atomic E-state index is -1.07. The number of nitrogens with zero attached hydrogens (tertiary/aromatic N) is 2. The zero-order chi connectivity index (χ0) is 22.0. The summed E-state index contributed by atoms with van der Waals surface area (Å²) in [6, 6.07) is 2.79. The quantitative estimate of drug-likeness (QED) is 0.352. The first-order valence-corrected chi connectivity index (χ1v) is 9.83. The smallest absolute Gasteiger partial charge is 0.407 e. The highest BCUT2D eigenvalue weighted by Gasteiger charge is 2.17. The SMILES string of the molecule is CC(C)(C)OC(=O)NCCOC/C(=N\OC1CCCCO1)c1cc(C(=O)O)ccn1. The molecule has 10 heteroatoms. The second-order valence-electron chi connectivity index (χ2n) is 7.66. The van der Waals surface area contributed by atoms with Gasteiger partial charge in [-0.1, -0.05) is 5.16 Å². The summed E-state index contributed by atoms with van der Waals surface area (Å²) in [5.41, 5.74) is 0.146. The van der Waals surface area contributed by atoms with E-state index in [1.807, 2.05) is 0 Å². The molecule has 1 amide bonds. The van der Waals surface area contributed by atoms with Crippen LogP contribution in [0, 0.1) is 0 Å². The van der Waals surface area contributed by atoms with Crippen molar-refractivity contribution in [2.75, 3.05) is 26.4 Å². The molecule has 2 heterocycles. The van der Waals surface area contributed by atoms with Crippen molar-refractivity contribution in [3.8, 4) is 0 Å². The van der Waals surface area contributed by atoms with E-state index in [1.54, 1.807) is 20.8 Å². The highest BCUT2D eigenvalue weighted by molar-refractivity contribution is 6.01. The first-order chi connectivity index (χ1) is 14.2. The Morgan fingerprint density at radius 3 is 2.83 bits per heavy atom. The lowest BCUT2D eigenvalue weighted by Crippen LogP contribution is -2.34. The molecule has 1 fully saturated rings. The average molecular weight is 423 g/mol. The maximum absolute atomic E-state index is 11.6. The molecule has 1 unspecified atom stereocenters. The molecule has 2 rings (SSSR count). The standard InChI is InChI=1S/C20H29N3O7/c1-20(2,3)29-19(26)22-9-11-27-13-16(23-30-17-6-4-5-10-28-17)15-12-14(18(24)25)7-8-21-15/h7-8,12,17H,4-6,9-11,13H2,1-3H3,(H,22,26)(H,24,25)/b23-16+. The monoisotopic (exact) mass is 423 g/mol. The predicted octanol–water partition coefficient (Wildman–Crippen LogP) is 2.57. The van der Waals surface area contributed by atoms with Gasteiger partial charge < -0.3 is 29.5 Å². The predicted molar refractivity (Wildman–Crippen MR) is 107 cm³/mol. The fraction of sp³-hybridized carbons (Fsp3) is 0.600. The van der Waals surface area contributed by atoms with Crippen molar-refractivity contribution in [1.29, 1.82) is 0 Å². The van der Waals surface area contributed by atoms with Crippen LogP contribution in [0.4, 0.5) is 4.79 Å². The summed E-state index contributed by atoms with van der Waals surface area (Å²) in [6.45, 7) is 6.38. The van der Waals surface area contributed by atoms with Crippen LogP contribution in [-0.4, -0.2) is 66.1 Å². The second-order valence-corrected chi connectivity index (χ2v) is 7.66. The molecule has 0 aromatic carbocycles. The lowest BCUT2D eigenvalue weighted by atomic mass is 10.2. The van der Waals surface area contributed by atoms with Crippen LogP contribution < -0.4 is 5.32 Å². The van der Waals surface area contributed by atoms with Crippen molar-refractivity contribution in [3.05, 3.63) is 29.6 Å². The largest absolute Gasteiger partial charge is 0.478 e. The van der Waals surface area contributed by atoms with Crippen LogP contribution in [0.5, 0.6) is 0 Å². The van der Waals surface area contributed by atoms with E-state index in [9.17, 15) is 14.7 Å². The minimum absolute atomic E-state index is 0.0127. The summed E-state index contributed by atoms with van der Waals surface area (Å²) in [7, 11) is 0. The number of rotatable bonds is 9. The number of nitrogens with one attached hydrogen (secondary N) is 1. The number of hydrogen-bond donors (Lipinski definition) is 2. The molecule has 0 radical (unpaired) electrons. The van der Waals surface area contributed by atoms with Gasteiger partial charge in [0.25, 0.3) is 0 Å². The topological polar surface area (TPSA) is 129 Å². The third-order valence-corrected chi connectivity index (χ3v) is 3.87. The van der Waals surface area contributed by atoms with Gasteiger partial charge in [-0.2, -0.15) is 0 Å². The number of pyridine rings is 1. The van der Waals surface area contributed by atoms with Crippen molar-refractivity contribution in [2.24, 2.45) is 5.16 Å². The molecule has 1 aliphatic heterocycles. The number of aromatic carboxylic acids is 1. The fourth-order valence-electron chi connectivity index (χ4n) is 2.49. The Labute approximate surface area is 175 Å². The molecule has 2 N–H and O–H groups in total. The molecule has 0 saturated carbocycles. The fourth-order valence-corrected chi connectivity index (χ4v) is 2.49. The van der Waals surface area contributed by atoms with Crippen LogP contribution in [-0.2, 0) is 19.0 Å². The molecule has 1 atom stereocenters. The average Bonchev–Trinajstić information content (AvgIpc) is 2.69. The van der Waals surface area contributed by atoms with Crippen molar-refractivity contribution < 1.29 is 33.7 Å². The number of alkyl carbamates (subject to hydrolysis) is 1. The van der Waals surface area contributed by atoms with Gasteiger partial charge >= 0.3 is 12.1 Å². The number of amides is 1. The Kier molecular flexibility index (Phi) is 9.00. The van der Waals surface area contributed by atoms with E-state index >= 15 is 0 Å². The summed E-state index contributed by atoms with van der Waals surface area (Å²) in [6.07, 6.45) is 3.08. The van der Waals surface area contributed by atoms with Crippen molar-refractivity contribution in [3.63, 3.8) is 0 Å². The summed E-state index contributed by atoms with van der Waals surface area (Å²) in [5.74, 6) is -1.07. The van der Waals surface area contributed by atoms with Crippen LogP contribution >= 0.6 is 0 Å². The maximum atomic E-state index is 11.6. The number of ether oxygens (including phenoxy) is 3. The van der Waals surface area contributed by atoms with E-state index in [1.165, 1.54) is 18.3 Å². The number of carbonyl (C=O) groups excluding carboxylic acids is 1. The van der Waals surface area contributed by atoms with Crippen LogP contribution in [0.1, 0.15) is 56.1 Å². The molecule has 1 aliphatic rings. The summed E-state index contributed by atoms with van der Waals surface area (Å²) < 4.78 is 16.2. The highest BCUT2D eigenvalue weighted by Crippen LogP contribution is 2.14. The van der Waals surface area contributed by atoms with E-state index in [4.69, 9.17) is 19.0 Å². The third kappa shape index (κ3) is 8.75. The number of aromatic nitrogens is 1. The molecule has 30 heavy (non-hydrogen) atoms. The highest BCUT2D eigenvalue weighted by atomic mass is 16.8. The Morgan fingerprint density at radius 2 is 2.17 bits per heavy atom. The van der Waals surface area contributed by atoms with Gasteiger partial charge in [0.15, 0.2) is 0 Å². The zero-order valence-corrected chi connectivity index (χ0v) is 17.6. The molecule has 1 aromatic heterocycles. The van der Waals surface area contributed by atoms with E-state index in [0.717, 1.165) is 19.3 Å². The normalized spacial score (nSPS) is 17.3. The Balaban J connectivity index is 1.93. The van der Waals surface area contributed by atoms with Crippen molar-refractivity contribution in [1.82, 2.24) is 10.3 Å². The molecule has 10 nitrogen and oxygen atoms in total. The van der Waals surface area contributed by atoms with Gasteiger partial charge in [-0.15, -0.1) is 0 Å². The van der Waals surface area contributed by atoms with Gasteiger partial charge in [0.1, 0.15) is 11.3 Å². The molecule has 1 saturated heterocycles. The Bertz CT molecular complexity index is 740. The van der Waals surface area contributed by atoms with E-state index < -0.39 is 24.0 Å². The van der Waals surface area contributed by atoms with Crippen molar-refractivity contribution >= 4 is 17.8 Å². The van der Waals surface area contributed by atoms with Gasteiger partial charge in [-0.05, 0) is 45.7 Å². The summed E-state index contributed by atoms with van der Waals surface area (Å²) in [5, 5.41) is 15.9. The Morgan fingerprint density at radius 1 is 1.37 bits per heavy atom. The maximum Gasteiger partial charge on any atom is 0.407 e. The lowest BCUT2D eigenvalue weighted by molar-refractivity contribution is -0.162. The number of carboxylic acid groups (broad SMARTS) is 1. The van der Waals surface area contributed by atoms with Crippen LogP contribution in [0.3, 0.4) is 0 Å². The van der Waals surface area contributed by atoms with Crippen molar-refractivity contribution in [2.45, 2.75) is 51.9 Å². The first kappa shape index (κ1) is 23.6. The van der Waals surface area contributed by atoms with Crippen LogP contribution in [0.2, 0.25) is 0 Å². The summed E-state index contributed by atoms with van der Waals surface area (Å²) >= 11 is 0. The molecule has 0 aliphatic carbocycles. The van der Waals surface area contributed by atoms with Gasteiger partial charge in [0.2, 0.25) is 6.29 Å². The molecule has 0 bridgehead atoms. The lowest BCUT2D eigenvalue weighted by Gasteiger charge is -2.20. The van der Waals surface area contributed by atoms with Crippen LogP contribution in [0.25, 0.3) is 0 Å². The van der Waals surface area contributed by atoms with E-state index in [0.29, 0.717) is 18.0 Å².